The van der Waals surface area contributed by atoms with Crippen molar-refractivity contribution in [1.29, 1.82) is 0 Å². The molecule has 0 amide bonds. The Morgan fingerprint density at radius 1 is 0.919 bits per heavy atom. The van der Waals surface area contributed by atoms with Crippen LogP contribution in [0.2, 0.25) is 0 Å². The van der Waals surface area contributed by atoms with Crippen molar-refractivity contribution in [2.24, 2.45) is 0 Å². The van der Waals surface area contributed by atoms with Gasteiger partial charge in [0, 0.05) is 18.5 Å². The lowest BCUT2D eigenvalue weighted by atomic mass is 10.2. The van der Waals surface area contributed by atoms with Crippen LogP contribution < -0.4 is 0 Å². The first kappa shape index (κ1) is 26.4. The number of H-pyrrole nitrogens is 1. The number of hydrogen-bond donors (Lipinski definition) is 1. The molecule has 3 aromatic heterocycles. The monoisotopic (exact) mass is 526 g/mol. The number of nitrogens with one attached hydrogen (secondary N) is 1. The fraction of sp³-hybridized carbons (Fsp3) is 0.435. The van der Waals surface area contributed by atoms with Crippen molar-refractivity contribution in [3.8, 4) is 17.2 Å². The SMILES string of the molecule is CCCCc1nc(CCC)nn1Cc1ccc(-n2c(C(F)(F)F)cc(C(F)(F)F)c2-c2nn[nH]n2)cc1. The molecule has 0 unspecified atom stereocenters. The lowest BCUT2D eigenvalue weighted by Crippen LogP contribution is -2.14. The molecule has 37 heavy (non-hydrogen) atoms. The van der Waals surface area contributed by atoms with Crippen LogP contribution in [0.1, 0.15) is 61.6 Å². The molecule has 0 saturated carbocycles. The van der Waals surface area contributed by atoms with Crippen LogP contribution in [-0.4, -0.2) is 40.0 Å². The number of aromatic amines is 1. The summed E-state index contributed by atoms with van der Waals surface area (Å²) in [7, 11) is 0. The average molecular weight is 526 g/mol. The van der Waals surface area contributed by atoms with Gasteiger partial charge in [-0.2, -0.15) is 36.7 Å². The highest BCUT2D eigenvalue weighted by Gasteiger charge is 2.45. The maximum absolute atomic E-state index is 13.9. The molecule has 8 nitrogen and oxygen atoms in total. The van der Waals surface area contributed by atoms with Crippen molar-refractivity contribution in [2.45, 2.75) is 64.8 Å². The fourth-order valence-corrected chi connectivity index (χ4v) is 4.01. The minimum Gasteiger partial charge on any atom is -0.302 e. The van der Waals surface area contributed by atoms with E-state index in [4.69, 9.17) is 0 Å². The largest absolute Gasteiger partial charge is 0.431 e. The zero-order chi connectivity index (χ0) is 26.8. The highest BCUT2D eigenvalue weighted by Crippen LogP contribution is 2.44. The number of benzene rings is 1. The topological polar surface area (TPSA) is 90.1 Å². The summed E-state index contributed by atoms with van der Waals surface area (Å²) in [5.74, 6) is 0.920. The Bertz CT molecular complexity index is 1320. The Hall–Kier alpha value is -3.71. The summed E-state index contributed by atoms with van der Waals surface area (Å²) < 4.78 is 85.0. The van der Waals surface area contributed by atoms with Crippen molar-refractivity contribution in [3.63, 3.8) is 0 Å². The van der Waals surface area contributed by atoms with E-state index in [-0.39, 0.29) is 11.8 Å². The zero-order valence-electron chi connectivity index (χ0n) is 20.0. The first-order chi connectivity index (χ1) is 17.5. The van der Waals surface area contributed by atoms with Gasteiger partial charge in [0.25, 0.3) is 0 Å². The molecule has 0 aliphatic carbocycles. The predicted octanol–water partition coefficient (Wildman–Crippen LogP) is 5.63. The lowest BCUT2D eigenvalue weighted by molar-refractivity contribution is -0.143. The van der Waals surface area contributed by atoms with Gasteiger partial charge < -0.3 is 4.57 Å². The van der Waals surface area contributed by atoms with Gasteiger partial charge in [-0.3, -0.25) is 0 Å². The van der Waals surface area contributed by atoms with Crippen molar-refractivity contribution in [3.05, 3.63) is 58.8 Å². The number of nitrogens with zero attached hydrogens (tertiary/aromatic N) is 7. The summed E-state index contributed by atoms with van der Waals surface area (Å²) >= 11 is 0. The van der Waals surface area contributed by atoms with Crippen LogP contribution in [0.25, 0.3) is 17.2 Å². The van der Waals surface area contributed by atoms with Gasteiger partial charge in [0.05, 0.1) is 12.1 Å². The third-order valence-corrected chi connectivity index (χ3v) is 5.70. The van der Waals surface area contributed by atoms with E-state index < -0.39 is 35.1 Å². The normalized spacial score (nSPS) is 12.4. The molecule has 0 radical (unpaired) electrons. The molecule has 0 aliphatic heterocycles. The van der Waals surface area contributed by atoms with Crippen LogP contribution in [0.5, 0.6) is 0 Å². The molecule has 1 aromatic carbocycles. The zero-order valence-corrected chi connectivity index (χ0v) is 20.0. The number of rotatable bonds is 9. The smallest absolute Gasteiger partial charge is 0.302 e. The summed E-state index contributed by atoms with van der Waals surface area (Å²) in [4.78, 5) is 4.60. The first-order valence-corrected chi connectivity index (χ1v) is 11.7. The summed E-state index contributed by atoms with van der Waals surface area (Å²) in [6, 6.07) is 5.80. The lowest BCUT2D eigenvalue weighted by Gasteiger charge is -2.15. The molecule has 0 atom stereocenters. The van der Waals surface area contributed by atoms with E-state index in [0.29, 0.717) is 16.7 Å². The van der Waals surface area contributed by atoms with Crippen LogP contribution in [0.15, 0.2) is 30.3 Å². The molecule has 1 N–H and O–H groups in total. The van der Waals surface area contributed by atoms with Crippen LogP contribution >= 0.6 is 0 Å². The van der Waals surface area contributed by atoms with Gasteiger partial charge in [-0.1, -0.05) is 32.4 Å². The number of alkyl halides is 6. The first-order valence-electron chi connectivity index (χ1n) is 11.7. The molecule has 4 rings (SSSR count). The van der Waals surface area contributed by atoms with Gasteiger partial charge in [-0.15, -0.1) is 10.2 Å². The van der Waals surface area contributed by atoms with Crippen LogP contribution in [0.4, 0.5) is 26.3 Å². The molecular formula is C23H24F6N8. The summed E-state index contributed by atoms with van der Waals surface area (Å²) in [5.41, 5.74) is -3.31. The van der Waals surface area contributed by atoms with E-state index >= 15 is 0 Å². The minimum absolute atomic E-state index is 0.0598. The third kappa shape index (κ3) is 5.67. The number of hydrogen-bond acceptors (Lipinski definition) is 5. The molecule has 0 fully saturated rings. The molecule has 0 spiro atoms. The molecule has 3 heterocycles. The summed E-state index contributed by atoms with van der Waals surface area (Å²) in [6.45, 7) is 4.41. The molecular weight excluding hydrogens is 502 g/mol. The Kier molecular flexibility index (Phi) is 7.37. The molecule has 0 bridgehead atoms. The highest BCUT2D eigenvalue weighted by atomic mass is 19.4. The van der Waals surface area contributed by atoms with Gasteiger partial charge in [0.2, 0.25) is 5.82 Å². The number of halogens is 6. The molecule has 0 aliphatic rings. The minimum atomic E-state index is -5.08. The Balaban J connectivity index is 1.76. The van der Waals surface area contributed by atoms with E-state index in [9.17, 15) is 26.3 Å². The van der Waals surface area contributed by atoms with E-state index in [1.165, 1.54) is 12.1 Å². The molecule has 14 heteroatoms. The van der Waals surface area contributed by atoms with Crippen LogP contribution in [-0.2, 0) is 31.7 Å². The van der Waals surface area contributed by atoms with Gasteiger partial charge in [-0.25, -0.2) is 9.67 Å². The van der Waals surface area contributed by atoms with E-state index in [1.54, 1.807) is 16.8 Å². The van der Waals surface area contributed by atoms with E-state index in [1.807, 2.05) is 12.1 Å². The van der Waals surface area contributed by atoms with Crippen LogP contribution in [0, 0.1) is 0 Å². The third-order valence-electron chi connectivity index (χ3n) is 5.70. The van der Waals surface area contributed by atoms with Crippen molar-refractivity contribution in [2.75, 3.05) is 0 Å². The van der Waals surface area contributed by atoms with E-state index in [2.05, 4.69) is 32.4 Å². The van der Waals surface area contributed by atoms with Gasteiger partial charge in [0.15, 0.2) is 5.82 Å². The Morgan fingerprint density at radius 2 is 1.65 bits per heavy atom. The number of aromatic nitrogens is 8. The van der Waals surface area contributed by atoms with Crippen LogP contribution in [0.3, 0.4) is 0 Å². The summed E-state index contributed by atoms with van der Waals surface area (Å²) in [5, 5.41) is 16.8. The molecule has 4 aromatic rings. The number of unbranched alkanes of at least 4 members (excludes halogenated alkanes) is 1. The average Bonchev–Trinajstić information content (AvgIpc) is 3.56. The van der Waals surface area contributed by atoms with Gasteiger partial charge in [0.1, 0.15) is 17.2 Å². The van der Waals surface area contributed by atoms with Crippen molar-refractivity contribution >= 4 is 0 Å². The van der Waals surface area contributed by atoms with Crippen molar-refractivity contribution in [1.82, 2.24) is 40.0 Å². The maximum Gasteiger partial charge on any atom is 0.431 e. The summed E-state index contributed by atoms with van der Waals surface area (Å²) in [6.07, 6.45) is -5.92. The predicted molar refractivity (Wildman–Crippen MR) is 121 cm³/mol. The second-order valence-corrected chi connectivity index (χ2v) is 8.48. The number of aryl methyl sites for hydroxylation is 2. The van der Waals surface area contributed by atoms with Gasteiger partial charge >= 0.3 is 12.4 Å². The standard InChI is InChI=1S/C23H24F6N8/c1-3-5-7-19-30-18(6-4-2)33-36(19)13-14-8-10-15(11-9-14)37-17(23(27,28)29)12-16(22(24,25)26)20(37)21-31-34-35-32-21/h8-12H,3-7,13H2,1-2H3,(H,31,32,34,35). The number of tetrazole rings is 1. The Morgan fingerprint density at radius 3 is 2.22 bits per heavy atom. The quantitative estimate of drug-likeness (QED) is 0.286. The second kappa shape index (κ2) is 10.3. The van der Waals surface area contributed by atoms with Gasteiger partial charge in [-0.05, 0) is 41.8 Å². The van der Waals surface area contributed by atoms with Crippen molar-refractivity contribution < 1.29 is 26.3 Å². The van der Waals surface area contributed by atoms with E-state index in [0.717, 1.165) is 43.8 Å². The molecule has 198 valence electrons. The maximum atomic E-state index is 13.9. The Labute approximate surface area is 207 Å². The molecule has 0 saturated heterocycles. The second-order valence-electron chi connectivity index (χ2n) is 8.48. The fourth-order valence-electron chi connectivity index (χ4n) is 4.01. The highest BCUT2D eigenvalue weighted by molar-refractivity contribution is 5.63.